The molecule has 0 spiro atoms. The van der Waals surface area contributed by atoms with Crippen molar-refractivity contribution in [1.29, 1.82) is 0 Å². The van der Waals surface area contributed by atoms with Gasteiger partial charge in [-0.2, -0.15) is 8.78 Å². The van der Waals surface area contributed by atoms with Crippen molar-refractivity contribution in [3.63, 3.8) is 0 Å². The van der Waals surface area contributed by atoms with E-state index in [1.54, 1.807) is 0 Å². The molecule has 1 nitrogen and oxygen atoms in total. The normalized spacial score (nSPS) is 36.7. The summed E-state index contributed by atoms with van der Waals surface area (Å²) in [5.41, 5.74) is 1.14. The van der Waals surface area contributed by atoms with Crippen LogP contribution in [0.2, 0.25) is 0 Å². The second-order valence-electron chi connectivity index (χ2n) is 8.48. The first-order chi connectivity index (χ1) is 11.6. The average molecular weight is 340 g/mol. The van der Waals surface area contributed by atoms with Crippen LogP contribution in [0.5, 0.6) is 0 Å². The van der Waals surface area contributed by atoms with Crippen LogP contribution >= 0.6 is 0 Å². The maximum Gasteiger partial charge on any atom is 0.397 e. The molecule has 0 unspecified atom stereocenters. The van der Waals surface area contributed by atoms with Gasteiger partial charge in [0.2, 0.25) is 0 Å². The highest BCUT2D eigenvalue weighted by atomic mass is 19.3. The summed E-state index contributed by atoms with van der Waals surface area (Å²) in [6, 6.07) is 0. The number of hydrogen-bond donors (Lipinski definition) is 0. The zero-order chi connectivity index (χ0) is 17.0. The molecule has 3 heteroatoms. The van der Waals surface area contributed by atoms with E-state index < -0.39 is 6.11 Å². The van der Waals surface area contributed by atoms with Crippen LogP contribution in [0.1, 0.15) is 90.4 Å². The summed E-state index contributed by atoms with van der Waals surface area (Å²) in [5.74, 6) is 3.31. The van der Waals surface area contributed by atoms with Crippen molar-refractivity contribution in [2.45, 2.75) is 96.5 Å². The maximum atomic E-state index is 13.1. The molecule has 138 valence electrons. The summed E-state index contributed by atoms with van der Waals surface area (Å²) in [4.78, 5) is 0. The van der Waals surface area contributed by atoms with Gasteiger partial charge in [-0.15, -0.1) is 0 Å². The Kier molecular flexibility index (Phi) is 6.21. The van der Waals surface area contributed by atoms with E-state index in [1.807, 2.05) is 0 Å². The molecule has 2 aliphatic carbocycles. The van der Waals surface area contributed by atoms with Crippen molar-refractivity contribution in [3.8, 4) is 0 Å². The molecule has 1 aliphatic heterocycles. The zero-order valence-corrected chi connectivity index (χ0v) is 15.2. The van der Waals surface area contributed by atoms with E-state index >= 15 is 0 Å². The molecule has 0 N–H and O–H groups in total. The molecule has 24 heavy (non-hydrogen) atoms. The van der Waals surface area contributed by atoms with Gasteiger partial charge in [-0.25, -0.2) is 0 Å². The molecule has 2 saturated carbocycles. The van der Waals surface area contributed by atoms with Gasteiger partial charge in [0.25, 0.3) is 0 Å². The molecule has 0 aromatic heterocycles. The molecular weight excluding hydrogens is 306 g/mol. The van der Waals surface area contributed by atoms with Gasteiger partial charge in [-0.05, 0) is 74.2 Å². The second-order valence-corrected chi connectivity index (χ2v) is 8.48. The SMILES string of the molecule is CCCCC1CCC(C2CCC(C3=COC(F)(F)CC3)CC2)CC1. The van der Waals surface area contributed by atoms with Crippen molar-refractivity contribution in [3.05, 3.63) is 11.8 Å². The number of hydrogen-bond acceptors (Lipinski definition) is 1. The Morgan fingerprint density at radius 1 is 1.00 bits per heavy atom. The first-order valence-corrected chi connectivity index (χ1v) is 10.3. The summed E-state index contributed by atoms with van der Waals surface area (Å²) < 4.78 is 30.8. The smallest absolute Gasteiger partial charge is 0.397 e. The molecule has 0 atom stereocenters. The lowest BCUT2D eigenvalue weighted by Gasteiger charge is -2.39. The van der Waals surface area contributed by atoms with Crippen molar-refractivity contribution >= 4 is 0 Å². The van der Waals surface area contributed by atoms with Crippen LogP contribution in [-0.4, -0.2) is 6.11 Å². The molecule has 0 radical (unpaired) electrons. The van der Waals surface area contributed by atoms with Gasteiger partial charge < -0.3 is 4.74 Å². The van der Waals surface area contributed by atoms with E-state index in [-0.39, 0.29) is 6.42 Å². The predicted octanol–water partition coefficient (Wildman–Crippen LogP) is 7.08. The Morgan fingerprint density at radius 3 is 2.17 bits per heavy atom. The van der Waals surface area contributed by atoms with Crippen LogP contribution in [0.4, 0.5) is 8.78 Å². The lowest BCUT2D eigenvalue weighted by molar-refractivity contribution is -0.215. The molecule has 0 aromatic carbocycles. The van der Waals surface area contributed by atoms with Crippen LogP contribution in [0.15, 0.2) is 11.8 Å². The number of halogens is 2. The number of rotatable bonds is 5. The van der Waals surface area contributed by atoms with E-state index in [0.29, 0.717) is 12.3 Å². The quantitative estimate of drug-likeness (QED) is 0.519. The van der Waals surface area contributed by atoms with Crippen molar-refractivity contribution < 1.29 is 13.5 Å². The van der Waals surface area contributed by atoms with Gasteiger partial charge in [0, 0.05) is 0 Å². The van der Waals surface area contributed by atoms with Gasteiger partial charge in [0.15, 0.2) is 0 Å². The summed E-state index contributed by atoms with van der Waals surface area (Å²) in [6.07, 6.45) is 13.7. The van der Waals surface area contributed by atoms with E-state index in [1.165, 1.54) is 76.9 Å². The first kappa shape index (κ1) is 18.2. The molecular formula is C21H34F2O. The first-order valence-electron chi connectivity index (χ1n) is 10.3. The van der Waals surface area contributed by atoms with Gasteiger partial charge in [-0.1, -0.05) is 39.0 Å². The van der Waals surface area contributed by atoms with E-state index in [4.69, 9.17) is 0 Å². The van der Waals surface area contributed by atoms with Crippen LogP contribution in [0, 0.1) is 23.7 Å². The minimum atomic E-state index is -2.93. The fourth-order valence-electron chi connectivity index (χ4n) is 5.27. The van der Waals surface area contributed by atoms with Crippen molar-refractivity contribution in [2.75, 3.05) is 0 Å². The summed E-state index contributed by atoms with van der Waals surface area (Å²) in [6.45, 7) is 2.29. The van der Waals surface area contributed by atoms with Gasteiger partial charge >= 0.3 is 6.11 Å². The van der Waals surface area contributed by atoms with Crippen molar-refractivity contribution in [2.24, 2.45) is 23.7 Å². The molecule has 0 bridgehead atoms. The standard InChI is InChI=1S/C21H34F2O/c1-2-3-4-16-5-7-17(8-6-16)18-9-11-19(12-10-18)20-13-14-21(22,23)24-15-20/h15-19H,2-14H2,1H3. The maximum absolute atomic E-state index is 13.1. The van der Waals surface area contributed by atoms with Gasteiger partial charge in [-0.3, -0.25) is 0 Å². The highest BCUT2D eigenvalue weighted by Gasteiger charge is 2.37. The lowest BCUT2D eigenvalue weighted by atomic mass is 9.67. The molecule has 0 saturated heterocycles. The van der Waals surface area contributed by atoms with E-state index in [2.05, 4.69) is 11.7 Å². The van der Waals surface area contributed by atoms with Crippen LogP contribution in [-0.2, 0) is 4.74 Å². The second kappa shape index (κ2) is 8.19. The van der Waals surface area contributed by atoms with E-state index in [0.717, 1.165) is 23.3 Å². The highest BCUT2D eigenvalue weighted by Crippen LogP contribution is 2.45. The molecule has 3 rings (SSSR count). The van der Waals surface area contributed by atoms with Gasteiger partial charge in [0.05, 0.1) is 12.7 Å². The monoisotopic (exact) mass is 340 g/mol. The predicted molar refractivity (Wildman–Crippen MR) is 93.8 cm³/mol. The summed E-state index contributed by atoms with van der Waals surface area (Å²) in [7, 11) is 0. The number of unbranched alkanes of at least 4 members (excludes halogenated alkanes) is 1. The Bertz CT molecular complexity index is 416. The van der Waals surface area contributed by atoms with Gasteiger partial charge in [0.1, 0.15) is 0 Å². The lowest BCUT2D eigenvalue weighted by Crippen LogP contribution is -2.28. The Balaban J connectivity index is 1.41. The highest BCUT2D eigenvalue weighted by molar-refractivity contribution is 5.08. The number of allylic oxidation sites excluding steroid dienone is 1. The zero-order valence-electron chi connectivity index (χ0n) is 15.2. The third-order valence-corrected chi connectivity index (χ3v) is 6.91. The fourth-order valence-corrected chi connectivity index (χ4v) is 5.27. The van der Waals surface area contributed by atoms with Crippen LogP contribution in [0.3, 0.4) is 0 Å². The molecule has 1 heterocycles. The van der Waals surface area contributed by atoms with Crippen LogP contribution < -0.4 is 0 Å². The average Bonchev–Trinajstić information content (AvgIpc) is 2.61. The Hall–Kier alpha value is -0.600. The number of alkyl halides is 2. The Morgan fingerprint density at radius 2 is 1.62 bits per heavy atom. The number of ether oxygens (including phenoxy) is 1. The summed E-state index contributed by atoms with van der Waals surface area (Å²) in [5, 5.41) is 0. The summed E-state index contributed by atoms with van der Waals surface area (Å²) >= 11 is 0. The minimum Gasteiger partial charge on any atom is -0.441 e. The third-order valence-electron chi connectivity index (χ3n) is 6.91. The fraction of sp³-hybridized carbons (Fsp3) is 0.905. The molecule has 0 aromatic rings. The van der Waals surface area contributed by atoms with Crippen LogP contribution in [0.25, 0.3) is 0 Å². The largest absolute Gasteiger partial charge is 0.441 e. The topological polar surface area (TPSA) is 9.23 Å². The van der Waals surface area contributed by atoms with Crippen molar-refractivity contribution in [1.82, 2.24) is 0 Å². The minimum absolute atomic E-state index is 0.138. The molecule has 2 fully saturated rings. The third kappa shape index (κ3) is 4.73. The molecule has 3 aliphatic rings. The molecule has 0 amide bonds. The van der Waals surface area contributed by atoms with E-state index in [9.17, 15) is 8.78 Å². The Labute approximate surface area is 146 Å².